The number of pyridine rings is 1. The van der Waals surface area contributed by atoms with Crippen LogP contribution < -0.4 is 5.73 Å². The fraction of sp³-hybridized carbons (Fsp3) is 0.0769. The van der Waals surface area contributed by atoms with Crippen molar-refractivity contribution in [3.63, 3.8) is 0 Å². The van der Waals surface area contributed by atoms with Crippen molar-refractivity contribution in [1.29, 1.82) is 0 Å². The minimum absolute atomic E-state index is 0.111. The first kappa shape index (κ1) is 12.7. The van der Waals surface area contributed by atoms with Gasteiger partial charge < -0.3 is 5.73 Å². The molecule has 2 N–H and O–H groups in total. The van der Waals surface area contributed by atoms with Gasteiger partial charge >= 0.3 is 0 Å². The number of benzene rings is 1. The second-order valence-electron chi connectivity index (χ2n) is 3.95. The summed E-state index contributed by atoms with van der Waals surface area (Å²) in [6.07, 6.45) is 3.01. The van der Waals surface area contributed by atoms with Crippen molar-refractivity contribution in [3.8, 4) is 11.1 Å². The van der Waals surface area contributed by atoms with Gasteiger partial charge in [0.25, 0.3) is 5.69 Å². The fourth-order valence-electron chi connectivity index (χ4n) is 1.90. The number of nitro groups is 1. The van der Waals surface area contributed by atoms with Crippen molar-refractivity contribution >= 4 is 11.6 Å². The van der Waals surface area contributed by atoms with Gasteiger partial charge in [0.1, 0.15) is 0 Å². The highest BCUT2D eigenvalue weighted by molar-refractivity contribution is 5.82. The third-order valence-electron chi connectivity index (χ3n) is 2.67. The fourth-order valence-corrected chi connectivity index (χ4v) is 1.90. The van der Waals surface area contributed by atoms with Gasteiger partial charge in [0.15, 0.2) is 0 Å². The molecule has 0 radical (unpaired) electrons. The van der Waals surface area contributed by atoms with Crippen molar-refractivity contribution in [2.75, 3.05) is 0 Å². The first-order valence-corrected chi connectivity index (χ1v) is 5.54. The summed E-state index contributed by atoms with van der Waals surface area (Å²) in [5.74, 6) is -0.612. The van der Waals surface area contributed by atoms with Crippen LogP contribution in [0.15, 0.2) is 42.7 Å². The van der Waals surface area contributed by atoms with Crippen LogP contribution in [0, 0.1) is 10.1 Å². The van der Waals surface area contributed by atoms with Crippen LogP contribution in [0.2, 0.25) is 0 Å². The number of carbonyl (C=O) groups excluding carboxylic acids is 1. The Morgan fingerprint density at radius 1 is 1.32 bits per heavy atom. The predicted molar refractivity (Wildman–Crippen MR) is 69.2 cm³/mol. The summed E-state index contributed by atoms with van der Waals surface area (Å²) in [5, 5.41) is 11.0. The molecule has 96 valence electrons. The Kier molecular flexibility index (Phi) is 3.51. The Balaban J connectivity index is 2.63. The minimum atomic E-state index is -0.612. The molecule has 0 aliphatic rings. The van der Waals surface area contributed by atoms with Gasteiger partial charge in [-0.25, -0.2) is 0 Å². The van der Waals surface area contributed by atoms with Crippen LogP contribution in [0.4, 0.5) is 5.69 Å². The maximum atomic E-state index is 11.1. The summed E-state index contributed by atoms with van der Waals surface area (Å²) in [4.78, 5) is 25.6. The Bertz CT molecular complexity index is 626. The highest BCUT2D eigenvalue weighted by Crippen LogP contribution is 2.30. The third kappa shape index (κ3) is 2.74. The number of hydrogen-bond donors (Lipinski definition) is 1. The molecular formula is C13H11N3O3. The maximum absolute atomic E-state index is 11.1. The smallest absolute Gasteiger partial charge is 0.273 e. The normalized spacial score (nSPS) is 10.1. The van der Waals surface area contributed by atoms with Crippen LogP contribution in [0.3, 0.4) is 0 Å². The van der Waals surface area contributed by atoms with Gasteiger partial charge in [-0.05, 0) is 11.6 Å². The van der Waals surface area contributed by atoms with E-state index in [0.717, 1.165) is 0 Å². The van der Waals surface area contributed by atoms with Gasteiger partial charge in [0, 0.05) is 29.6 Å². The summed E-state index contributed by atoms with van der Waals surface area (Å²) >= 11 is 0. The van der Waals surface area contributed by atoms with Crippen LogP contribution in [0.25, 0.3) is 11.1 Å². The molecule has 1 aromatic carbocycles. The molecule has 0 saturated heterocycles. The molecule has 2 rings (SSSR count). The van der Waals surface area contributed by atoms with Gasteiger partial charge in [0.05, 0.1) is 11.3 Å². The van der Waals surface area contributed by atoms with Crippen molar-refractivity contribution in [1.82, 2.24) is 4.98 Å². The van der Waals surface area contributed by atoms with Crippen LogP contribution in [-0.2, 0) is 11.2 Å². The van der Waals surface area contributed by atoms with E-state index >= 15 is 0 Å². The van der Waals surface area contributed by atoms with E-state index in [4.69, 9.17) is 5.73 Å². The number of nitrogens with two attached hydrogens (primary N) is 1. The highest BCUT2D eigenvalue weighted by Gasteiger charge is 2.19. The van der Waals surface area contributed by atoms with Crippen LogP contribution >= 0.6 is 0 Å². The molecule has 19 heavy (non-hydrogen) atoms. The predicted octanol–water partition coefficient (Wildman–Crippen LogP) is 1.68. The number of rotatable bonds is 4. The summed E-state index contributed by atoms with van der Waals surface area (Å²) in [6, 6.07) is 8.14. The summed E-state index contributed by atoms with van der Waals surface area (Å²) in [5.41, 5.74) is 6.67. The zero-order chi connectivity index (χ0) is 13.8. The largest absolute Gasteiger partial charge is 0.369 e. The number of carbonyl (C=O) groups is 1. The standard InChI is InChI=1S/C13H11N3O3/c14-13(17)7-11-10(9-3-2-6-15-8-9)4-1-5-12(11)16(18)19/h1-6,8H,7H2,(H2,14,17). The van der Waals surface area contributed by atoms with E-state index in [9.17, 15) is 14.9 Å². The summed E-state index contributed by atoms with van der Waals surface area (Å²) in [7, 11) is 0. The first-order chi connectivity index (χ1) is 9.09. The second-order valence-corrected chi connectivity index (χ2v) is 3.95. The molecule has 0 bridgehead atoms. The van der Waals surface area contributed by atoms with Crippen molar-refractivity contribution in [2.24, 2.45) is 5.73 Å². The minimum Gasteiger partial charge on any atom is -0.369 e. The molecule has 0 spiro atoms. The average molecular weight is 257 g/mol. The number of aromatic nitrogens is 1. The SMILES string of the molecule is NC(=O)Cc1c(-c2cccnc2)cccc1[N+](=O)[O-]. The van der Waals surface area contributed by atoms with Gasteiger partial charge in [0.2, 0.25) is 5.91 Å². The molecule has 1 amide bonds. The van der Waals surface area contributed by atoms with Crippen LogP contribution in [0.1, 0.15) is 5.56 Å². The molecule has 0 saturated carbocycles. The van der Waals surface area contributed by atoms with E-state index in [1.165, 1.54) is 6.07 Å². The van der Waals surface area contributed by atoms with E-state index in [1.54, 1.807) is 36.7 Å². The van der Waals surface area contributed by atoms with Crippen LogP contribution in [-0.4, -0.2) is 15.8 Å². The highest BCUT2D eigenvalue weighted by atomic mass is 16.6. The Labute approximate surface area is 109 Å². The molecule has 0 unspecified atom stereocenters. The van der Waals surface area contributed by atoms with Gasteiger partial charge in [-0.15, -0.1) is 0 Å². The van der Waals surface area contributed by atoms with Gasteiger partial charge in [-0.1, -0.05) is 18.2 Å². The van der Waals surface area contributed by atoms with Gasteiger partial charge in [-0.3, -0.25) is 19.9 Å². The lowest BCUT2D eigenvalue weighted by molar-refractivity contribution is -0.385. The summed E-state index contributed by atoms with van der Waals surface area (Å²) in [6.45, 7) is 0. The Morgan fingerprint density at radius 2 is 2.11 bits per heavy atom. The van der Waals surface area contributed by atoms with Gasteiger partial charge in [-0.2, -0.15) is 0 Å². The Morgan fingerprint density at radius 3 is 2.68 bits per heavy atom. The maximum Gasteiger partial charge on any atom is 0.273 e. The first-order valence-electron chi connectivity index (χ1n) is 5.54. The topological polar surface area (TPSA) is 99.1 Å². The Hall–Kier alpha value is -2.76. The van der Waals surface area contributed by atoms with Crippen LogP contribution in [0.5, 0.6) is 0 Å². The number of primary amides is 1. The molecule has 1 heterocycles. The molecular weight excluding hydrogens is 246 g/mol. The second kappa shape index (κ2) is 5.26. The number of nitro benzene ring substituents is 1. The zero-order valence-electron chi connectivity index (χ0n) is 9.95. The zero-order valence-corrected chi connectivity index (χ0v) is 9.95. The molecule has 0 aliphatic heterocycles. The monoisotopic (exact) mass is 257 g/mol. The number of hydrogen-bond acceptors (Lipinski definition) is 4. The lowest BCUT2D eigenvalue weighted by Gasteiger charge is -2.08. The van der Waals surface area contributed by atoms with E-state index in [-0.39, 0.29) is 12.1 Å². The van der Waals surface area contributed by atoms with E-state index < -0.39 is 10.8 Å². The molecule has 6 nitrogen and oxygen atoms in total. The van der Waals surface area contributed by atoms with Crippen molar-refractivity contribution in [3.05, 3.63) is 58.4 Å². The van der Waals surface area contributed by atoms with E-state index in [0.29, 0.717) is 16.7 Å². The number of nitrogens with zero attached hydrogens (tertiary/aromatic N) is 2. The van der Waals surface area contributed by atoms with E-state index in [2.05, 4.69) is 4.98 Å². The average Bonchev–Trinajstić information content (AvgIpc) is 2.39. The molecule has 0 aliphatic carbocycles. The lowest BCUT2D eigenvalue weighted by atomic mass is 9.97. The number of amides is 1. The quantitative estimate of drug-likeness (QED) is 0.665. The van der Waals surface area contributed by atoms with Crippen molar-refractivity contribution in [2.45, 2.75) is 6.42 Å². The summed E-state index contributed by atoms with van der Waals surface area (Å²) < 4.78 is 0. The third-order valence-corrected chi connectivity index (χ3v) is 2.67. The molecule has 6 heteroatoms. The molecule has 1 aromatic heterocycles. The molecule has 0 atom stereocenters. The molecule has 0 fully saturated rings. The lowest BCUT2D eigenvalue weighted by Crippen LogP contribution is -2.15. The molecule has 2 aromatic rings. The van der Waals surface area contributed by atoms with E-state index in [1.807, 2.05) is 0 Å². The van der Waals surface area contributed by atoms with Crippen molar-refractivity contribution < 1.29 is 9.72 Å².